The van der Waals surface area contributed by atoms with Gasteiger partial charge >= 0.3 is 5.97 Å². The highest BCUT2D eigenvalue weighted by Gasteiger charge is 2.40. The number of carbonyl (C=O) groups is 10. The summed E-state index contributed by atoms with van der Waals surface area (Å²) in [4.78, 5) is 142. The van der Waals surface area contributed by atoms with Crippen molar-refractivity contribution in [3.63, 3.8) is 0 Å². The second-order valence-corrected chi connectivity index (χ2v) is 18.8. The summed E-state index contributed by atoms with van der Waals surface area (Å²) in [5.74, 6) is -10.8. The molecule has 0 spiro atoms. The molecular weight excluding hydrogens is 1010 g/mol. The number of aromatic amines is 1. The Morgan fingerprint density at radius 1 is 0.770 bits per heavy atom. The zero-order valence-electron chi connectivity index (χ0n) is 41.2. The number of guanidine groups is 1. The third kappa shape index (κ3) is 18.7. The summed E-state index contributed by atoms with van der Waals surface area (Å²) in [5.41, 5.74) is 23.4. The Bertz CT molecular complexity index is 2350. The average molecular weight is 1080 g/mol. The maximum Gasteiger partial charge on any atom is 0.327 e. The van der Waals surface area contributed by atoms with E-state index >= 15 is 0 Å². The Labute approximate surface area is 437 Å². The molecule has 0 unspecified atom stereocenters. The van der Waals surface area contributed by atoms with Crippen LogP contribution in [0.5, 0.6) is 0 Å². The average Bonchev–Trinajstić information content (AvgIpc) is 4.01. The van der Waals surface area contributed by atoms with Gasteiger partial charge in [-0.3, -0.25) is 48.1 Å². The number of hydrogen-bond acceptors (Lipinski definition) is 16. The lowest BCUT2D eigenvalue weighted by Crippen LogP contribution is -2.62. The minimum atomic E-state index is -1.81. The summed E-state index contributed by atoms with van der Waals surface area (Å²) >= 11 is 7.94. The molecule has 0 radical (unpaired) electrons. The second-order valence-electron chi connectivity index (χ2n) is 18.1. The van der Waals surface area contributed by atoms with Gasteiger partial charge in [0.2, 0.25) is 53.2 Å². The number of aromatic nitrogens is 1. The number of nitrogens with zero attached hydrogens (tertiary/aromatic N) is 2. The monoisotopic (exact) mass is 1080 g/mol. The standard InChI is InChI=1S/C45H70N14O13S2/c1-21(2)14-28(55-42(69)35(22(3)61)58-36(63)25(46)19-73)38(65)53-29(15-23-17-51-26-9-5-4-8-24(23)26)39(66)54-30(16-34(47)62)40(67)52-27(10-6-12-50-45(48)49)37(64)56-31(18-60)43(70)59-13-7-11-33(59)41(68)57-32(20-74)44(71)72/h4-5,8-9,17,21-22,25,27-33,35,51,60-61,73-74H,6-7,10-16,18-20,46H2,1-3H3,(H2,47,62)(H,52,67)(H,53,65)(H,54,66)(H,55,69)(H,56,64)(H,57,68)(H,58,63)(H,71,72)(H4,48,49,50)/t22-,25+,27+,28+,29+,30+,31+,32+,33+,35+/m1/s1. The number of fused-ring (bicyclic) bond motifs is 1. The van der Waals surface area contributed by atoms with Gasteiger partial charge in [0.25, 0.3) is 0 Å². The number of nitrogens with two attached hydrogens (primary N) is 4. The number of nitrogens with one attached hydrogen (secondary N) is 8. The van der Waals surface area contributed by atoms with Crippen molar-refractivity contribution in [2.75, 3.05) is 31.2 Å². The van der Waals surface area contributed by atoms with Crippen LogP contribution in [0.15, 0.2) is 35.5 Å². The van der Waals surface area contributed by atoms with E-state index in [1.165, 1.54) is 6.92 Å². The molecule has 410 valence electrons. The van der Waals surface area contributed by atoms with Gasteiger partial charge in [-0.25, -0.2) is 4.79 Å². The first-order valence-corrected chi connectivity index (χ1v) is 25.0. The lowest BCUT2D eigenvalue weighted by molar-refractivity contribution is -0.145. The zero-order chi connectivity index (χ0) is 55.4. The molecule has 1 saturated heterocycles. The Morgan fingerprint density at radius 2 is 1.36 bits per heavy atom. The van der Waals surface area contributed by atoms with Gasteiger partial charge in [-0.1, -0.05) is 32.0 Å². The van der Waals surface area contributed by atoms with E-state index in [0.29, 0.717) is 22.9 Å². The van der Waals surface area contributed by atoms with Crippen LogP contribution in [0.25, 0.3) is 10.9 Å². The van der Waals surface area contributed by atoms with Gasteiger partial charge in [0.1, 0.15) is 48.3 Å². The number of aliphatic carboxylic acids is 1. The van der Waals surface area contributed by atoms with Gasteiger partial charge in [0.05, 0.1) is 25.2 Å². The molecule has 3 rings (SSSR count). The SMILES string of the molecule is CC(C)C[C@H](NC(=O)[C@@H](NC(=O)[C@@H](N)CS)[C@@H](C)O)C(=O)N[C@@H](Cc1c[nH]c2ccccc12)C(=O)N[C@@H](CC(N)=O)C(=O)N[C@@H](CCCN=C(N)N)C(=O)N[C@@H](CO)C(=O)N1CCC[C@H]1C(=O)N[C@@H](CS)C(=O)O. The molecule has 0 aliphatic carbocycles. The Kier molecular flexibility index (Phi) is 24.9. The number of amides is 9. The first kappa shape index (κ1) is 61.6. The molecule has 29 heteroatoms. The number of carbonyl (C=O) groups excluding carboxylic acids is 9. The molecule has 0 bridgehead atoms. The summed E-state index contributed by atoms with van der Waals surface area (Å²) < 4.78 is 0. The number of para-hydroxylation sites is 1. The molecular formula is C45H70N14O13S2. The predicted octanol–water partition coefficient (Wildman–Crippen LogP) is -5.29. The fourth-order valence-electron chi connectivity index (χ4n) is 7.86. The lowest BCUT2D eigenvalue weighted by Gasteiger charge is -2.30. The highest BCUT2D eigenvalue weighted by molar-refractivity contribution is 7.80. The number of carboxylic acid groups (broad SMARTS) is 1. The Balaban J connectivity index is 1.96. The van der Waals surface area contributed by atoms with Crippen LogP contribution in [-0.4, -0.2) is 182 Å². The lowest BCUT2D eigenvalue weighted by atomic mass is 9.99. The topological polar surface area (TPSA) is 451 Å². The van der Waals surface area contributed by atoms with E-state index in [9.17, 15) is 63.3 Å². The predicted molar refractivity (Wildman–Crippen MR) is 276 cm³/mol. The third-order valence-corrected chi connectivity index (χ3v) is 12.5. The van der Waals surface area contributed by atoms with Crippen LogP contribution >= 0.6 is 25.3 Å². The van der Waals surface area contributed by atoms with Crippen LogP contribution in [0.2, 0.25) is 0 Å². The van der Waals surface area contributed by atoms with E-state index in [1.807, 2.05) is 0 Å². The largest absolute Gasteiger partial charge is 0.480 e. The molecule has 1 aromatic heterocycles. The first-order valence-electron chi connectivity index (χ1n) is 23.7. The summed E-state index contributed by atoms with van der Waals surface area (Å²) in [6.45, 7) is 3.73. The number of aliphatic hydroxyl groups excluding tert-OH is 2. The van der Waals surface area contributed by atoms with Crippen LogP contribution in [-0.2, 0) is 54.4 Å². The van der Waals surface area contributed by atoms with Gasteiger partial charge in [-0.15, -0.1) is 0 Å². The summed E-state index contributed by atoms with van der Waals surface area (Å²) in [7, 11) is 0. The number of H-pyrrole nitrogens is 1. The smallest absolute Gasteiger partial charge is 0.327 e. The molecule has 27 nitrogen and oxygen atoms in total. The van der Waals surface area contributed by atoms with Crippen molar-refractivity contribution >= 4 is 101 Å². The molecule has 1 aliphatic rings. The number of likely N-dealkylation sites (tertiary alicyclic amines) is 1. The van der Waals surface area contributed by atoms with Crippen LogP contribution in [0.3, 0.4) is 0 Å². The summed E-state index contributed by atoms with van der Waals surface area (Å²) in [6.07, 6.45) is -0.663. The number of aliphatic imine (C=N–C) groups is 1. The maximum absolute atomic E-state index is 14.5. The van der Waals surface area contributed by atoms with E-state index < -0.39 is 133 Å². The second kappa shape index (κ2) is 29.9. The molecule has 2 heterocycles. The Hall–Kier alpha value is -6.69. The van der Waals surface area contributed by atoms with Gasteiger partial charge in [0, 0.05) is 48.1 Å². The number of thiol groups is 2. The van der Waals surface area contributed by atoms with Crippen LogP contribution < -0.4 is 60.2 Å². The van der Waals surface area contributed by atoms with Gasteiger partial charge in [0.15, 0.2) is 5.96 Å². The fourth-order valence-corrected chi connectivity index (χ4v) is 8.27. The first-order chi connectivity index (χ1) is 34.9. The zero-order valence-corrected chi connectivity index (χ0v) is 43.0. The van der Waals surface area contributed by atoms with Gasteiger partial charge in [-0.05, 0) is 56.6 Å². The fraction of sp³-hybridized carbons (Fsp3) is 0.578. The molecule has 0 saturated carbocycles. The third-order valence-electron chi connectivity index (χ3n) is 11.7. The molecule has 19 N–H and O–H groups in total. The molecule has 74 heavy (non-hydrogen) atoms. The van der Waals surface area contributed by atoms with Crippen molar-refractivity contribution in [2.45, 2.75) is 126 Å². The maximum atomic E-state index is 14.5. The number of carboxylic acids is 1. The molecule has 10 atom stereocenters. The van der Waals surface area contributed by atoms with Crippen molar-refractivity contribution in [3.05, 3.63) is 36.0 Å². The van der Waals surface area contributed by atoms with Crippen molar-refractivity contribution in [1.82, 2.24) is 47.1 Å². The van der Waals surface area contributed by atoms with Crippen LogP contribution in [0.4, 0.5) is 0 Å². The van der Waals surface area contributed by atoms with Gasteiger partial charge in [-0.2, -0.15) is 25.3 Å². The van der Waals surface area contributed by atoms with Crippen molar-refractivity contribution in [1.29, 1.82) is 0 Å². The highest BCUT2D eigenvalue weighted by atomic mass is 32.1. The minimum Gasteiger partial charge on any atom is -0.480 e. The quantitative estimate of drug-likeness (QED) is 0.0150. The number of primary amides is 1. The van der Waals surface area contributed by atoms with Crippen LogP contribution in [0.1, 0.15) is 64.9 Å². The van der Waals surface area contributed by atoms with Crippen molar-refractivity contribution in [2.24, 2.45) is 33.8 Å². The minimum absolute atomic E-state index is 0.00469. The number of benzene rings is 1. The van der Waals surface area contributed by atoms with Crippen molar-refractivity contribution in [3.8, 4) is 0 Å². The highest BCUT2D eigenvalue weighted by Crippen LogP contribution is 2.21. The number of aliphatic hydroxyl groups is 2. The van der Waals surface area contributed by atoms with Gasteiger partial charge < -0.3 is 85.4 Å². The van der Waals surface area contributed by atoms with E-state index in [1.54, 1.807) is 44.3 Å². The van der Waals surface area contributed by atoms with E-state index in [0.717, 1.165) is 4.90 Å². The van der Waals surface area contributed by atoms with Crippen molar-refractivity contribution < 1.29 is 63.3 Å². The Morgan fingerprint density at radius 3 is 1.96 bits per heavy atom. The number of rotatable bonds is 30. The number of hydrogen-bond donors (Lipinski definition) is 17. The molecule has 2 aromatic rings. The molecule has 1 fully saturated rings. The summed E-state index contributed by atoms with van der Waals surface area (Å²) in [5, 5.41) is 48.0. The molecule has 1 aromatic carbocycles. The van der Waals surface area contributed by atoms with E-state index in [2.05, 4.69) is 72.5 Å². The normalized spacial score (nSPS) is 16.9. The van der Waals surface area contributed by atoms with E-state index in [4.69, 9.17) is 22.9 Å². The van der Waals surface area contributed by atoms with Crippen LogP contribution in [0, 0.1) is 5.92 Å². The van der Waals surface area contributed by atoms with E-state index in [-0.39, 0.29) is 68.6 Å². The summed E-state index contributed by atoms with van der Waals surface area (Å²) in [6, 6.07) is -6.16. The molecule has 1 aliphatic heterocycles. The molecule has 9 amide bonds.